The molecule has 6 heteroatoms. The number of aliphatic carboxylic acids is 1. The second-order valence-electron chi connectivity index (χ2n) is 5.68. The zero-order chi connectivity index (χ0) is 15.0. The fourth-order valence-electron chi connectivity index (χ4n) is 2.78. The van der Waals surface area contributed by atoms with Crippen LogP contribution in [0, 0.1) is 11.7 Å². The number of amides is 1. The molecule has 0 bridgehead atoms. The first-order chi connectivity index (χ1) is 10.0. The number of benzene rings is 1. The summed E-state index contributed by atoms with van der Waals surface area (Å²) in [4.78, 5) is 23.6. The molecule has 21 heavy (non-hydrogen) atoms. The predicted octanol–water partition coefficient (Wildman–Crippen LogP) is 1.29. The molecule has 2 fully saturated rings. The average Bonchev–Trinajstić information content (AvgIpc) is 3.12. The fraction of sp³-hybridized carbons (Fsp3) is 0.467. The number of hydrogen-bond acceptors (Lipinski definition) is 3. The van der Waals surface area contributed by atoms with Gasteiger partial charge in [-0.15, -0.1) is 0 Å². The third kappa shape index (κ3) is 2.63. The van der Waals surface area contributed by atoms with E-state index in [0.29, 0.717) is 13.0 Å². The van der Waals surface area contributed by atoms with Crippen molar-refractivity contribution in [2.45, 2.75) is 24.3 Å². The van der Waals surface area contributed by atoms with Gasteiger partial charge in [0.1, 0.15) is 5.82 Å². The van der Waals surface area contributed by atoms with E-state index in [-0.39, 0.29) is 36.6 Å². The first kappa shape index (κ1) is 14.0. The normalized spacial score (nSPS) is 30.9. The quantitative estimate of drug-likeness (QED) is 0.877. The van der Waals surface area contributed by atoms with Crippen LogP contribution in [-0.4, -0.2) is 35.7 Å². The highest BCUT2D eigenvalue weighted by Crippen LogP contribution is 2.47. The number of carboxylic acid groups (broad SMARTS) is 1. The SMILES string of the molecule is O=C(NC1(C(=O)O)CCOC1)C1CC1c1ccc(F)cc1. The van der Waals surface area contributed by atoms with Gasteiger partial charge in [0, 0.05) is 18.9 Å². The van der Waals surface area contributed by atoms with Crippen molar-refractivity contribution in [2.24, 2.45) is 5.92 Å². The number of ether oxygens (including phenoxy) is 1. The molecule has 1 amide bonds. The molecule has 1 saturated heterocycles. The Morgan fingerprint density at radius 3 is 2.62 bits per heavy atom. The summed E-state index contributed by atoms with van der Waals surface area (Å²) in [5.41, 5.74) is -0.392. The highest BCUT2D eigenvalue weighted by molar-refractivity contribution is 5.90. The maximum absolute atomic E-state index is 12.9. The van der Waals surface area contributed by atoms with Crippen molar-refractivity contribution in [2.75, 3.05) is 13.2 Å². The Morgan fingerprint density at radius 2 is 2.05 bits per heavy atom. The van der Waals surface area contributed by atoms with Crippen LogP contribution in [0.3, 0.4) is 0 Å². The highest BCUT2D eigenvalue weighted by atomic mass is 19.1. The van der Waals surface area contributed by atoms with Crippen molar-refractivity contribution in [3.05, 3.63) is 35.6 Å². The minimum Gasteiger partial charge on any atom is -0.479 e. The Bertz CT molecular complexity index is 566. The van der Waals surface area contributed by atoms with Crippen LogP contribution in [-0.2, 0) is 14.3 Å². The third-order valence-electron chi connectivity index (χ3n) is 4.22. The lowest BCUT2D eigenvalue weighted by molar-refractivity contribution is -0.147. The average molecular weight is 293 g/mol. The van der Waals surface area contributed by atoms with Crippen LogP contribution in [0.15, 0.2) is 24.3 Å². The summed E-state index contributed by atoms with van der Waals surface area (Å²) < 4.78 is 18.0. The minimum atomic E-state index is -1.30. The van der Waals surface area contributed by atoms with Gasteiger partial charge in [-0.25, -0.2) is 9.18 Å². The van der Waals surface area contributed by atoms with Crippen molar-refractivity contribution in [1.29, 1.82) is 0 Å². The van der Waals surface area contributed by atoms with Gasteiger partial charge in [-0.05, 0) is 30.0 Å². The van der Waals surface area contributed by atoms with Crippen LogP contribution in [0.25, 0.3) is 0 Å². The van der Waals surface area contributed by atoms with Crippen LogP contribution in [0.4, 0.5) is 4.39 Å². The number of carboxylic acids is 1. The number of nitrogens with one attached hydrogen (secondary N) is 1. The van der Waals surface area contributed by atoms with Crippen LogP contribution in [0.1, 0.15) is 24.3 Å². The van der Waals surface area contributed by atoms with Crippen molar-refractivity contribution >= 4 is 11.9 Å². The lowest BCUT2D eigenvalue weighted by Gasteiger charge is -2.23. The zero-order valence-electron chi connectivity index (χ0n) is 11.3. The van der Waals surface area contributed by atoms with E-state index in [1.165, 1.54) is 12.1 Å². The lowest BCUT2D eigenvalue weighted by Crippen LogP contribution is -2.55. The maximum Gasteiger partial charge on any atom is 0.331 e. The van der Waals surface area contributed by atoms with Gasteiger partial charge < -0.3 is 15.2 Å². The van der Waals surface area contributed by atoms with Crippen molar-refractivity contribution in [3.63, 3.8) is 0 Å². The van der Waals surface area contributed by atoms with Gasteiger partial charge in [0.25, 0.3) is 0 Å². The van der Waals surface area contributed by atoms with Crippen molar-refractivity contribution in [1.82, 2.24) is 5.32 Å². The number of carbonyl (C=O) groups excluding carboxylic acids is 1. The minimum absolute atomic E-state index is 0.00199. The molecule has 0 spiro atoms. The Kier molecular flexibility index (Phi) is 3.41. The molecule has 1 aromatic carbocycles. The van der Waals surface area contributed by atoms with Crippen LogP contribution < -0.4 is 5.32 Å². The van der Waals surface area contributed by atoms with E-state index in [1.807, 2.05) is 0 Å². The Labute approximate surface area is 121 Å². The Morgan fingerprint density at radius 1 is 1.33 bits per heavy atom. The summed E-state index contributed by atoms with van der Waals surface area (Å²) in [6.07, 6.45) is 0.941. The number of halogens is 1. The maximum atomic E-state index is 12.9. The first-order valence-corrected chi connectivity index (χ1v) is 6.90. The molecule has 1 aliphatic carbocycles. The molecule has 112 valence electrons. The summed E-state index contributed by atoms with van der Waals surface area (Å²) in [7, 11) is 0. The molecule has 2 N–H and O–H groups in total. The van der Waals surface area contributed by atoms with Crippen molar-refractivity contribution in [3.8, 4) is 0 Å². The van der Waals surface area contributed by atoms with E-state index < -0.39 is 11.5 Å². The van der Waals surface area contributed by atoms with E-state index in [2.05, 4.69) is 5.32 Å². The molecule has 1 aromatic rings. The van der Waals surface area contributed by atoms with Gasteiger partial charge in [0.2, 0.25) is 5.91 Å². The van der Waals surface area contributed by atoms with Gasteiger partial charge in [-0.3, -0.25) is 4.79 Å². The van der Waals surface area contributed by atoms with E-state index >= 15 is 0 Å². The smallest absolute Gasteiger partial charge is 0.331 e. The molecule has 3 rings (SSSR count). The molecule has 0 radical (unpaired) electrons. The monoisotopic (exact) mass is 293 g/mol. The second kappa shape index (κ2) is 5.11. The van der Waals surface area contributed by atoms with Crippen LogP contribution in [0.5, 0.6) is 0 Å². The summed E-state index contributed by atoms with van der Waals surface area (Å²) in [6, 6.07) is 6.07. The van der Waals surface area contributed by atoms with Gasteiger partial charge in [-0.1, -0.05) is 12.1 Å². The molecule has 1 saturated carbocycles. The summed E-state index contributed by atoms with van der Waals surface area (Å²) in [6.45, 7) is 0.334. The van der Waals surface area contributed by atoms with E-state index in [0.717, 1.165) is 5.56 Å². The van der Waals surface area contributed by atoms with Crippen molar-refractivity contribution < 1.29 is 23.8 Å². The standard InChI is InChI=1S/C15H16FNO4/c16-10-3-1-9(2-4-10)11-7-12(11)13(18)17-15(14(19)20)5-6-21-8-15/h1-4,11-12H,5-8H2,(H,17,18)(H,19,20). The summed E-state index contributed by atoms with van der Waals surface area (Å²) in [5, 5.41) is 11.9. The number of hydrogen-bond donors (Lipinski definition) is 2. The molecule has 1 aliphatic heterocycles. The topological polar surface area (TPSA) is 75.6 Å². The first-order valence-electron chi connectivity index (χ1n) is 6.90. The molecule has 5 nitrogen and oxygen atoms in total. The van der Waals surface area contributed by atoms with Gasteiger partial charge >= 0.3 is 5.97 Å². The zero-order valence-corrected chi connectivity index (χ0v) is 11.3. The number of rotatable bonds is 4. The predicted molar refractivity (Wildman–Crippen MR) is 71.2 cm³/mol. The second-order valence-corrected chi connectivity index (χ2v) is 5.68. The molecule has 0 aromatic heterocycles. The molecular weight excluding hydrogens is 277 g/mol. The summed E-state index contributed by atoms with van der Waals surface area (Å²) in [5.74, 6) is -1.84. The van der Waals surface area contributed by atoms with Crippen LogP contribution in [0.2, 0.25) is 0 Å². The lowest BCUT2D eigenvalue weighted by atomic mass is 9.98. The number of carbonyl (C=O) groups is 2. The highest BCUT2D eigenvalue weighted by Gasteiger charge is 2.50. The molecular formula is C15H16FNO4. The Hall–Kier alpha value is -1.95. The van der Waals surface area contributed by atoms with E-state index in [9.17, 15) is 19.1 Å². The third-order valence-corrected chi connectivity index (χ3v) is 4.22. The van der Waals surface area contributed by atoms with Gasteiger partial charge in [0.15, 0.2) is 5.54 Å². The summed E-state index contributed by atoms with van der Waals surface area (Å²) >= 11 is 0. The molecule has 3 atom stereocenters. The largest absolute Gasteiger partial charge is 0.479 e. The van der Waals surface area contributed by atoms with E-state index in [1.54, 1.807) is 12.1 Å². The van der Waals surface area contributed by atoms with Gasteiger partial charge in [-0.2, -0.15) is 0 Å². The molecule has 1 heterocycles. The van der Waals surface area contributed by atoms with Gasteiger partial charge in [0.05, 0.1) is 6.61 Å². The van der Waals surface area contributed by atoms with E-state index in [4.69, 9.17) is 4.74 Å². The van der Waals surface area contributed by atoms with Crippen LogP contribution >= 0.6 is 0 Å². The molecule has 3 unspecified atom stereocenters. The fourth-order valence-corrected chi connectivity index (χ4v) is 2.78. The Balaban J connectivity index is 1.65. The molecule has 2 aliphatic rings.